The molecule has 0 unspecified atom stereocenters. The molecule has 0 fully saturated rings. The molecule has 0 bridgehead atoms. The van der Waals surface area contributed by atoms with E-state index in [2.05, 4.69) is 15.5 Å². The van der Waals surface area contributed by atoms with Gasteiger partial charge in [0.2, 0.25) is 0 Å². The molecule has 0 atom stereocenters. The van der Waals surface area contributed by atoms with E-state index in [1.165, 1.54) is 7.11 Å². The normalized spacial score (nSPS) is 10.9. The van der Waals surface area contributed by atoms with E-state index in [0.29, 0.717) is 17.3 Å². The van der Waals surface area contributed by atoms with Crippen LogP contribution in [-0.2, 0) is 4.79 Å². The summed E-state index contributed by atoms with van der Waals surface area (Å²) in [5.41, 5.74) is 5.55. The molecule has 0 aliphatic heterocycles. The van der Waals surface area contributed by atoms with Crippen molar-refractivity contribution in [3.63, 3.8) is 0 Å². The third kappa shape index (κ3) is 4.92. The second kappa shape index (κ2) is 8.92. The van der Waals surface area contributed by atoms with Crippen LogP contribution in [0.1, 0.15) is 11.1 Å². The summed E-state index contributed by atoms with van der Waals surface area (Å²) in [4.78, 5) is 15.2. The number of carboxylic acid groups (broad SMARTS) is 1. The fraction of sp³-hybridized carbons (Fsp3) is 0.190. The molecule has 0 spiro atoms. The van der Waals surface area contributed by atoms with Gasteiger partial charge in [-0.2, -0.15) is 5.10 Å². The number of aromatic nitrogens is 1. The SMILES string of the molecule is COc1ccc2c(C)cc(N/N=C\c3ccc(OCC(=O)O)c(OC)c3)nc2c1. The van der Waals surface area contributed by atoms with Gasteiger partial charge in [-0.15, -0.1) is 0 Å². The number of ether oxygens (including phenoxy) is 3. The van der Waals surface area contributed by atoms with Crippen molar-refractivity contribution in [2.24, 2.45) is 5.10 Å². The number of benzene rings is 2. The van der Waals surface area contributed by atoms with Crippen LogP contribution in [0.2, 0.25) is 0 Å². The summed E-state index contributed by atoms with van der Waals surface area (Å²) in [5, 5.41) is 14.0. The number of methoxy groups -OCH3 is 2. The van der Waals surface area contributed by atoms with Crippen molar-refractivity contribution in [1.82, 2.24) is 4.98 Å². The van der Waals surface area contributed by atoms with E-state index >= 15 is 0 Å². The van der Waals surface area contributed by atoms with Crippen LogP contribution >= 0.6 is 0 Å². The number of nitrogens with one attached hydrogen (secondary N) is 1. The first kappa shape index (κ1) is 19.9. The molecule has 2 N–H and O–H groups in total. The number of anilines is 1. The minimum absolute atomic E-state index is 0.348. The lowest BCUT2D eigenvalue weighted by Crippen LogP contribution is -2.10. The van der Waals surface area contributed by atoms with Crippen molar-refractivity contribution in [3.05, 3.63) is 53.6 Å². The van der Waals surface area contributed by atoms with Gasteiger partial charge in [0.25, 0.3) is 0 Å². The summed E-state index contributed by atoms with van der Waals surface area (Å²) >= 11 is 0. The quantitative estimate of drug-likeness (QED) is 0.445. The first-order chi connectivity index (χ1) is 14.0. The predicted octanol–water partition coefficient (Wildman–Crippen LogP) is 3.47. The van der Waals surface area contributed by atoms with Gasteiger partial charge in [-0.05, 0) is 54.4 Å². The fourth-order valence-electron chi connectivity index (χ4n) is 2.76. The molecule has 0 aliphatic rings. The van der Waals surface area contributed by atoms with Gasteiger partial charge in [-0.1, -0.05) is 0 Å². The van der Waals surface area contributed by atoms with Gasteiger partial charge in [0.15, 0.2) is 18.1 Å². The van der Waals surface area contributed by atoms with Crippen LogP contribution in [0.25, 0.3) is 10.9 Å². The number of fused-ring (bicyclic) bond motifs is 1. The Morgan fingerprint density at radius 3 is 2.69 bits per heavy atom. The zero-order valence-corrected chi connectivity index (χ0v) is 16.3. The molecule has 29 heavy (non-hydrogen) atoms. The number of hydrogen-bond acceptors (Lipinski definition) is 7. The van der Waals surface area contributed by atoms with Gasteiger partial charge in [0, 0.05) is 11.5 Å². The van der Waals surface area contributed by atoms with Crippen molar-refractivity contribution in [2.45, 2.75) is 6.92 Å². The molecule has 1 heterocycles. The van der Waals surface area contributed by atoms with Crippen LogP contribution in [0, 0.1) is 6.92 Å². The number of rotatable bonds is 8. The summed E-state index contributed by atoms with van der Waals surface area (Å²) in [5.74, 6) is 1.05. The Bertz CT molecular complexity index is 1070. The zero-order valence-electron chi connectivity index (χ0n) is 16.3. The van der Waals surface area contributed by atoms with E-state index < -0.39 is 12.6 Å². The molecule has 8 nitrogen and oxygen atoms in total. The van der Waals surface area contributed by atoms with Gasteiger partial charge in [-0.25, -0.2) is 9.78 Å². The number of hydrogen-bond donors (Lipinski definition) is 2. The topological polar surface area (TPSA) is 102 Å². The monoisotopic (exact) mass is 395 g/mol. The lowest BCUT2D eigenvalue weighted by Gasteiger charge is -2.09. The van der Waals surface area contributed by atoms with E-state index in [1.807, 2.05) is 31.2 Å². The molecular formula is C21H21N3O5. The Kier molecular flexibility index (Phi) is 6.13. The van der Waals surface area contributed by atoms with E-state index in [0.717, 1.165) is 27.8 Å². The third-order valence-electron chi connectivity index (χ3n) is 4.16. The van der Waals surface area contributed by atoms with Crippen LogP contribution in [0.15, 0.2) is 47.6 Å². The molecule has 0 amide bonds. The van der Waals surface area contributed by atoms with Crippen LogP contribution in [-0.4, -0.2) is 43.1 Å². The van der Waals surface area contributed by atoms with Crippen LogP contribution in [0.4, 0.5) is 5.82 Å². The lowest BCUT2D eigenvalue weighted by atomic mass is 10.1. The Hall–Kier alpha value is -3.81. The molecule has 0 saturated heterocycles. The maximum absolute atomic E-state index is 10.6. The number of hydrazone groups is 1. The average molecular weight is 395 g/mol. The third-order valence-corrected chi connectivity index (χ3v) is 4.16. The highest BCUT2D eigenvalue weighted by Gasteiger charge is 2.07. The van der Waals surface area contributed by atoms with Gasteiger partial charge < -0.3 is 19.3 Å². The van der Waals surface area contributed by atoms with Crippen LogP contribution in [0.3, 0.4) is 0 Å². The van der Waals surface area contributed by atoms with E-state index in [4.69, 9.17) is 19.3 Å². The van der Waals surface area contributed by atoms with Crippen molar-refractivity contribution in [2.75, 3.05) is 26.3 Å². The highest BCUT2D eigenvalue weighted by molar-refractivity contribution is 5.85. The summed E-state index contributed by atoms with van der Waals surface area (Å²) < 4.78 is 15.7. The number of nitrogens with zero attached hydrogens (tertiary/aromatic N) is 2. The minimum atomic E-state index is -1.06. The molecule has 2 aromatic carbocycles. The maximum atomic E-state index is 10.6. The summed E-state index contributed by atoms with van der Waals surface area (Å²) in [7, 11) is 3.10. The van der Waals surface area contributed by atoms with E-state index in [-0.39, 0.29) is 0 Å². The Morgan fingerprint density at radius 2 is 1.97 bits per heavy atom. The number of carboxylic acids is 1. The molecule has 1 aromatic heterocycles. The lowest BCUT2D eigenvalue weighted by molar-refractivity contribution is -0.139. The van der Waals surface area contributed by atoms with Gasteiger partial charge in [0.1, 0.15) is 11.6 Å². The summed E-state index contributed by atoms with van der Waals surface area (Å²) in [6.45, 7) is 1.56. The Balaban J connectivity index is 1.76. The largest absolute Gasteiger partial charge is 0.497 e. The van der Waals surface area contributed by atoms with Crippen molar-refractivity contribution < 1.29 is 24.1 Å². The number of carbonyl (C=O) groups is 1. The molecule has 0 aliphatic carbocycles. The number of aryl methyl sites for hydroxylation is 1. The highest BCUT2D eigenvalue weighted by atomic mass is 16.5. The second-order valence-corrected chi connectivity index (χ2v) is 6.17. The van der Waals surface area contributed by atoms with Gasteiger partial charge >= 0.3 is 5.97 Å². The van der Waals surface area contributed by atoms with Crippen LogP contribution in [0.5, 0.6) is 17.2 Å². The van der Waals surface area contributed by atoms with Gasteiger partial charge in [0.05, 0.1) is 26.0 Å². The van der Waals surface area contributed by atoms with Crippen LogP contribution < -0.4 is 19.6 Å². The standard InChI is InChI=1S/C21H21N3O5/c1-13-8-20(23-17-10-15(27-2)5-6-16(13)17)24-22-11-14-4-7-18(19(9-14)28-3)29-12-21(25)26/h4-11H,12H2,1-3H3,(H,23,24)(H,25,26)/b22-11-. The first-order valence-electron chi connectivity index (χ1n) is 8.77. The molecule has 0 radical (unpaired) electrons. The maximum Gasteiger partial charge on any atom is 0.341 e. The van der Waals surface area contributed by atoms with Gasteiger partial charge in [-0.3, -0.25) is 5.43 Å². The second-order valence-electron chi connectivity index (χ2n) is 6.17. The predicted molar refractivity (Wildman–Crippen MR) is 110 cm³/mol. The zero-order chi connectivity index (χ0) is 20.8. The van der Waals surface area contributed by atoms with Crippen molar-refractivity contribution in [1.29, 1.82) is 0 Å². The molecule has 150 valence electrons. The molecule has 3 aromatic rings. The summed E-state index contributed by atoms with van der Waals surface area (Å²) in [6, 6.07) is 12.7. The Labute approximate surface area is 167 Å². The van der Waals surface area contributed by atoms with E-state index in [1.54, 1.807) is 31.5 Å². The van der Waals surface area contributed by atoms with Crippen molar-refractivity contribution in [3.8, 4) is 17.2 Å². The summed E-state index contributed by atoms with van der Waals surface area (Å²) in [6.07, 6.45) is 1.61. The molecule has 8 heteroatoms. The number of aliphatic carboxylic acids is 1. The Morgan fingerprint density at radius 1 is 1.14 bits per heavy atom. The highest BCUT2D eigenvalue weighted by Crippen LogP contribution is 2.28. The molecule has 0 saturated carbocycles. The fourth-order valence-corrected chi connectivity index (χ4v) is 2.76. The average Bonchev–Trinajstić information content (AvgIpc) is 2.72. The number of pyridine rings is 1. The van der Waals surface area contributed by atoms with Crippen molar-refractivity contribution >= 4 is 28.9 Å². The smallest absolute Gasteiger partial charge is 0.341 e. The molecular weight excluding hydrogens is 374 g/mol. The minimum Gasteiger partial charge on any atom is -0.497 e. The first-order valence-corrected chi connectivity index (χ1v) is 8.77. The molecule has 3 rings (SSSR count). The van der Waals surface area contributed by atoms with E-state index in [9.17, 15) is 4.79 Å².